The first kappa shape index (κ1) is 20.4. The second-order valence-electron chi connectivity index (χ2n) is 6.42. The summed E-state index contributed by atoms with van der Waals surface area (Å²) in [6, 6.07) is 14.2. The Morgan fingerprint density at radius 3 is 2.44 bits per heavy atom. The number of hydrogen-bond donors (Lipinski definition) is 2. The van der Waals surface area contributed by atoms with Crippen molar-refractivity contribution >= 4 is 23.0 Å². The molecule has 0 saturated carbocycles. The van der Waals surface area contributed by atoms with E-state index in [0.29, 0.717) is 40.3 Å². The molecular formula is C22H25NO4. The number of aldehydes is 1. The summed E-state index contributed by atoms with van der Waals surface area (Å²) in [7, 11) is 1.95. The molecule has 0 atom stereocenters. The summed E-state index contributed by atoms with van der Waals surface area (Å²) in [5, 5.41) is 13.3. The fourth-order valence-electron chi connectivity index (χ4n) is 2.49. The van der Waals surface area contributed by atoms with Gasteiger partial charge in [-0.1, -0.05) is 44.2 Å². The molecular weight excluding hydrogens is 342 g/mol. The van der Waals surface area contributed by atoms with E-state index in [4.69, 9.17) is 4.42 Å². The first-order chi connectivity index (χ1) is 13.0. The lowest BCUT2D eigenvalue weighted by Crippen LogP contribution is -2.15. The van der Waals surface area contributed by atoms with E-state index in [1.54, 1.807) is 30.3 Å². The third kappa shape index (κ3) is 5.28. The Balaban J connectivity index is 0.000000465. The molecule has 5 heteroatoms. The Labute approximate surface area is 159 Å². The molecule has 3 aromatic rings. The smallest absolute Gasteiger partial charge is 0.197 e. The fraction of sp³-hybridized carbons (Fsp3) is 0.273. The minimum atomic E-state index is -0.175. The van der Waals surface area contributed by atoms with Gasteiger partial charge in [0.05, 0.1) is 5.56 Å². The maximum Gasteiger partial charge on any atom is 0.197 e. The topological polar surface area (TPSA) is 79.5 Å². The second-order valence-corrected chi connectivity index (χ2v) is 6.42. The normalized spacial score (nSPS) is 10.5. The van der Waals surface area contributed by atoms with Crippen LogP contribution in [-0.2, 0) is 11.2 Å². The number of carbonyl (C=O) groups excluding carboxylic acids is 2. The molecule has 0 aliphatic carbocycles. The monoisotopic (exact) mass is 367 g/mol. The van der Waals surface area contributed by atoms with Crippen LogP contribution in [0.2, 0.25) is 0 Å². The lowest BCUT2D eigenvalue weighted by molar-refractivity contribution is -0.107. The molecule has 2 N–H and O–H groups in total. The van der Waals surface area contributed by atoms with Gasteiger partial charge in [-0.05, 0) is 25.2 Å². The summed E-state index contributed by atoms with van der Waals surface area (Å²) < 4.78 is 5.71. The molecule has 0 unspecified atom stereocenters. The molecule has 3 rings (SSSR count). The van der Waals surface area contributed by atoms with Crippen LogP contribution in [0.3, 0.4) is 0 Å². The Kier molecular flexibility index (Phi) is 7.32. The highest BCUT2D eigenvalue weighted by molar-refractivity contribution is 6.17. The third-order valence-electron chi connectivity index (χ3n) is 4.07. The first-order valence-corrected chi connectivity index (χ1v) is 8.93. The van der Waals surface area contributed by atoms with E-state index in [1.807, 2.05) is 13.1 Å². The summed E-state index contributed by atoms with van der Waals surface area (Å²) >= 11 is 0. The van der Waals surface area contributed by atoms with Gasteiger partial charge in [-0.25, -0.2) is 0 Å². The summed E-state index contributed by atoms with van der Waals surface area (Å²) in [5.41, 5.74) is 1.48. The molecule has 0 fully saturated rings. The number of aryl methyl sites for hydroxylation is 1. The lowest BCUT2D eigenvalue weighted by Gasteiger charge is -2.02. The highest BCUT2D eigenvalue weighted by Gasteiger charge is 2.22. The van der Waals surface area contributed by atoms with Crippen molar-refractivity contribution < 1.29 is 19.1 Å². The van der Waals surface area contributed by atoms with Crippen molar-refractivity contribution in [1.82, 2.24) is 5.32 Å². The van der Waals surface area contributed by atoms with Crippen LogP contribution in [0.1, 0.15) is 41.9 Å². The van der Waals surface area contributed by atoms with Crippen LogP contribution in [0.4, 0.5) is 0 Å². The molecule has 0 aliphatic heterocycles. The van der Waals surface area contributed by atoms with E-state index >= 15 is 0 Å². The Hall–Kier alpha value is -2.92. The molecule has 0 radical (unpaired) electrons. The SMILES string of the molecule is CNC(C)C.O=CCCc1oc2ccc(O)cc2c1C(=O)c1ccccc1. The van der Waals surface area contributed by atoms with Gasteiger partial charge < -0.3 is 19.6 Å². The molecule has 1 heterocycles. The molecule has 1 aromatic heterocycles. The van der Waals surface area contributed by atoms with Crippen molar-refractivity contribution in [3.8, 4) is 5.75 Å². The van der Waals surface area contributed by atoms with Gasteiger partial charge in [0.25, 0.3) is 0 Å². The zero-order valence-electron chi connectivity index (χ0n) is 15.9. The number of benzene rings is 2. The van der Waals surface area contributed by atoms with E-state index in [1.165, 1.54) is 12.1 Å². The van der Waals surface area contributed by atoms with Crippen molar-refractivity contribution in [2.24, 2.45) is 0 Å². The number of hydrogen-bond acceptors (Lipinski definition) is 5. The standard InChI is InChI=1S/C18H14O4.C4H11N/c19-10-4-7-16-17(18(21)12-5-2-1-3-6-12)14-11-13(20)8-9-15(14)22-16;1-4(2)5-3/h1-3,5-6,8-11,20H,4,7H2;4-5H,1-3H3. The Morgan fingerprint density at radius 2 is 1.85 bits per heavy atom. The minimum absolute atomic E-state index is 0.0670. The summed E-state index contributed by atoms with van der Waals surface area (Å²) in [6.07, 6.45) is 1.43. The average Bonchev–Trinajstić information content (AvgIpc) is 3.04. The molecule has 0 amide bonds. The Bertz CT molecular complexity index is 897. The van der Waals surface area contributed by atoms with Gasteiger partial charge >= 0.3 is 0 Å². The quantitative estimate of drug-likeness (QED) is 0.506. The van der Waals surface area contributed by atoms with Gasteiger partial charge in [0.15, 0.2) is 5.78 Å². The van der Waals surface area contributed by atoms with E-state index in [-0.39, 0.29) is 18.0 Å². The predicted molar refractivity (Wildman–Crippen MR) is 106 cm³/mol. The van der Waals surface area contributed by atoms with Crippen LogP contribution in [0.15, 0.2) is 52.9 Å². The number of nitrogens with one attached hydrogen (secondary N) is 1. The highest BCUT2D eigenvalue weighted by Crippen LogP contribution is 2.31. The van der Waals surface area contributed by atoms with Gasteiger partial charge in [0, 0.05) is 29.8 Å². The van der Waals surface area contributed by atoms with E-state index in [9.17, 15) is 14.7 Å². The highest BCUT2D eigenvalue weighted by atomic mass is 16.3. The van der Waals surface area contributed by atoms with Gasteiger partial charge in [0.1, 0.15) is 23.4 Å². The largest absolute Gasteiger partial charge is 0.508 e. The van der Waals surface area contributed by atoms with Gasteiger partial charge in [0.2, 0.25) is 0 Å². The molecule has 0 aliphatic rings. The van der Waals surface area contributed by atoms with Crippen molar-refractivity contribution in [2.45, 2.75) is 32.7 Å². The van der Waals surface area contributed by atoms with Crippen LogP contribution < -0.4 is 5.32 Å². The minimum Gasteiger partial charge on any atom is -0.508 e. The first-order valence-electron chi connectivity index (χ1n) is 8.93. The van der Waals surface area contributed by atoms with E-state index < -0.39 is 0 Å². The molecule has 0 spiro atoms. The number of phenolic OH excluding ortho intramolecular Hbond substituents is 1. The van der Waals surface area contributed by atoms with Crippen LogP contribution >= 0.6 is 0 Å². The molecule has 2 aromatic carbocycles. The summed E-state index contributed by atoms with van der Waals surface area (Å²) in [6.45, 7) is 4.22. The Morgan fingerprint density at radius 1 is 1.19 bits per heavy atom. The van der Waals surface area contributed by atoms with Gasteiger partial charge in [-0.15, -0.1) is 0 Å². The van der Waals surface area contributed by atoms with Crippen molar-refractivity contribution in [2.75, 3.05) is 7.05 Å². The summed E-state index contributed by atoms with van der Waals surface area (Å²) in [5.74, 6) is 0.366. The number of phenols is 1. The molecule has 27 heavy (non-hydrogen) atoms. The predicted octanol–water partition coefficient (Wildman–Crippen LogP) is 4.12. The van der Waals surface area contributed by atoms with Crippen LogP contribution in [0.5, 0.6) is 5.75 Å². The zero-order valence-corrected chi connectivity index (χ0v) is 15.9. The fourth-order valence-corrected chi connectivity index (χ4v) is 2.49. The number of aromatic hydroxyl groups is 1. The third-order valence-corrected chi connectivity index (χ3v) is 4.07. The maximum absolute atomic E-state index is 12.8. The lowest BCUT2D eigenvalue weighted by atomic mass is 9.98. The molecule has 142 valence electrons. The van der Waals surface area contributed by atoms with Gasteiger partial charge in [-0.2, -0.15) is 0 Å². The van der Waals surface area contributed by atoms with Crippen LogP contribution in [0.25, 0.3) is 11.0 Å². The number of rotatable bonds is 6. The van der Waals surface area contributed by atoms with E-state index in [0.717, 1.165) is 6.29 Å². The summed E-state index contributed by atoms with van der Waals surface area (Å²) in [4.78, 5) is 23.4. The molecule has 5 nitrogen and oxygen atoms in total. The average molecular weight is 367 g/mol. The number of carbonyl (C=O) groups is 2. The van der Waals surface area contributed by atoms with Crippen molar-refractivity contribution in [1.29, 1.82) is 0 Å². The second kappa shape index (κ2) is 9.69. The molecule has 0 saturated heterocycles. The van der Waals surface area contributed by atoms with Crippen molar-refractivity contribution in [3.05, 3.63) is 65.4 Å². The maximum atomic E-state index is 12.8. The zero-order chi connectivity index (χ0) is 19.8. The number of ketones is 1. The number of furan rings is 1. The van der Waals surface area contributed by atoms with Crippen molar-refractivity contribution in [3.63, 3.8) is 0 Å². The van der Waals surface area contributed by atoms with Gasteiger partial charge in [-0.3, -0.25) is 4.79 Å². The number of fused-ring (bicyclic) bond motifs is 1. The van der Waals surface area contributed by atoms with E-state index in [2.05, 4.69) is 19.2 Å². The van der Waals surface area contributed by atoms with Crippen LogP contribution in [0, 0.1) is 0 Å². The molecule has 0 bridgehead atoms. The van der Waals surface area contributed by atoms with Crippen LogP contribution in [-0.4, -0.2) is 30.3 Å².